The molecular formula is C11H18FN3O. The monoisotopic (exact) mass is 227 g/mol. The topological polar surface area (TPSA) is 71.5 Å². The van der Waals surface area contributed by atoms with Gasteiger partial charge in [0.25, 0.3) is 0 Å². The number of hydrogen-bond acceptors (Lipinski definition) is 4. The van der Waals surface area contributed by atoms with E-state index in [0.717, 1.165) is 6.20 Å². The zero-order valence-electron chi connectivity index (χ0n) is 7.39. The molecule has 1 heterocycles. The molecule has 0 aliphatic carbocycles. The number of rotatable bonds is 3. The van der Waals surface area contributed by atoms with Crippen LogP contribution in [-0.4, -0.2) is 22.9 Å². The molecule has 4 nitrogen and oxygen atoms in total. The minimum absolute atomic E-state index is 0. The highest BCUT2D eigenvalue weighted by atomic mass is 19.1. The highest BCUT2D eigenvalue weighted by Gasteiger charge is 1.90. The predicted molar refractivity (Wildman–Crippen MR) is 65.2 cm³/mol. The first-order valence-corrected chi connectivity index (χ1v) is 3.93. The Balaban J connectivity index is 0. The summed E-state index contributed by atoms with van der Waals surface area (Å²) in [7, 11) is 0. The van der Waals surface area contributed by atoms with Gasteiger partial charge in [0.15, 0.2) is 5.82 Å². The lowest BCUT2D eigenvalue weighted by Gasteiger charge is -1.91. The fourth-order valence-corrected chi connectivity index (χ4v) is 0.706. The first kappa shape index (κ1) is 16.7. The number of aliphatic hydroxyl groups excluding tert-OH is 1. The van der Waals surface area contributed by atoms with E-state index in [9.17, 15) is 4.39 Å². The summed E-state index contributed by atoms with van der Waals surface area (Å²) in [5.74, 6) is -0.0252. The smallest absolute Gasteiger partial charge is 0.151 e. The SMILES string of the molecule is C.C.NC(=CC=Nc1ccc(F)cn1)CO. The zero-order valence-corrected chi connectivity index (χ0v) is 7.39. The number of aromatic nitrogens is 1. The highest BCUT2D eigenvalue weighted by Crippen LogP contribution is 2.06. The summed E-state index contributed by atoms with van der Waals surface area (Å²) in [6, 6.07) is 2.70. The minimum atomic E-state index is -0.408. The lowest BCUT2D eigenvalue weighted by atomic mass is 10.4. The molecule has 0 spiro atoms. The van der Waals surface area contributed by atoms with Crippen molar-refractivity contribution in [3.63, 3.8) is 0 Å². The second kappa shape index (κ2) is 8.55. The van der Waals surface area contributed by atoms with Crippen LogP contribution in [0.3, 0.4) is 0 Å². The zero-order chi connectivity index (χ0) is 10.4. The number of aliphatic hydroxyl groups is 1. The van der Waals surface area contributed by atoms with E-state index in [1.165, 1.54) is 24.4 Å². The molecule has 0 bridgehead atoms. The van der Waals surface area contributed by atoms with E-state index in [2.05, 4.69) is 9.98 Å². The Kier molecular flexibility index (Phi) is 8.91. The number of nitrogens with two attached hydrogens (primary N) is 1. The molecule has 90 valence electrons. The van der Waals surface area contributed by atoms with E-state index in [1.54, 1.807) is 0 Å². The van der Waals surface area contributed by atoms with Crippen molar-refractivity contribution < 1.29 is 9.50 Å². The van der Waals surface area contributed by atoms with Gasteiger partial charge in [-0.1, -0.05) is 14.9 Å². The summed E-state index contributed by atoms with van der Waals surface area (Å²) < 4.78 is 12.4. The summed E-state index contributed by atoms with van der Waals surface area (Å²) in [4.78, 5) is 7.56. The number of pyridine rings is 1. The first-order chi connectivity index (χ1) is 6.72. The van der Waals surface area contributed by atoms with Crippen LogP contribution in [-0.2, 0) is 0 Å². The fourth-order valence-electron chi connectivity index (χ4n) is 0.706. The Morgan fingerprint density at radius 1 is 1.50 bits per heavy atom. The second-order valence-electron chi connectivity index (χ2n) is 2.51. The van der Waals surface area contributed by atoms with E-state index in [0.29, 0.717) is 11.5 Å². The van der Waals surface area contributed by atoms with Crippen molar-refractivity contribution in [3.05, 3.63) is 35.9 Å². The standard InChI is InChI=1S/C9H10FN3O.2CH4/c10-7-1-2-9(13-5-7)12-4-3-8(11)6-14;;/h1-5,14H,6,11H2;2*1H4. The second-order valence-corrected chi connectivity index (χ2v) is 2.51. The van der Waals surface area contributed by atoms with Crippen LogP contribution in [0.1, 0.15) is 14.9 Å². The van der Waals surface area contributed by atoms with Gasteiger partial charge in [0, 0.05) is 11.9 Å². The maximum atomic E-state index is 12.4. The lowest BCUT2D eigenvalue weighted by molar-refractivity contribution is 0.330. The number of hydrogen-bond donors (Lipinski definition) is 2. The van der Waals surface area contributed by atoms with Crippen molar-refractivity contribution in [3.8, 4) is 0 Å². The number of aliphatic imine (C=N–C) groups is 1. The molecule has 0 atom stereocenters. The fraction of sp³-hybridized carbons (Fsp3) is 0.273. The van der Waals surface area contributed by atoms with Crippen LogP contribution in [0.15, 0.2) is 35.1 Å². The van der Waals surface area contributed by atoms with Gasteiger partial charge in [-0.3, -0.25) is 0 Å². The summed E-state index contributed by atoms with van der Waals surface area (Å²) in [6.07, 6.45) is 3.92. The van der Waals surface area contributed by atoms with E-state index in [4.69, 9.17) is 10.8 Å². The average Bonchev–Trinajstić information content (AvgIpc) is 2.21. The molecule has 0 fully saturated rings. The van der Waals surface area contributed by atoms with Gasteiger partial charge in [-0.05, 0) is 18.2 Å². The van der Waals surface area contributed by atoms with Crippen molar-refractivity contribution in [2.45, 2.75) is 14.9 Å². The maximum Gasteiger partial charge on any atom is 0.151 e. The van der Waals surface area contributed by atoms with Crippen molar-refractivity contribution in [2.75, 3.05) is 6.61 Å². The highest BCUT2D eigenvalue weighted by molar-refractivity contribution is 5.74. The Bertz CT molecular complexity index is 347. The lowest BCUT2D eigenvalue weighted by Crippen LogP contribution is -2.01. The van der Waals surface area contributed by atoms with Gasteiger partial charge in [0.05, 0.1) is 12.8 Å². The number of halogens is 1. The normalized spacial score (nSPS) is 10.8. The quantitative estimate of drug-likeness (QED) is 0.776. The molecule has 0 aliphatic rings. The molecule has 3 N–H and O–H groups in total. The van der Waals surface area contributed by atoms with Gasteiger partial charge in [-0.2, -0.15) is 0 Å². The van der Waals surface area contributed by atoms with E-state index < -0.39 is 5.82 Å². The van der Waals surface area contributed by atoms with Crippen LogP contribution in [0, 0.1) is 5.82 Å². The Labute approximate surface area is 95.4 Å². The Hall–Kier alpha value is -1.75. The molecule has 0 amide bonds. The van der Waals surface area contributed by atoms with Crippen LogP contribution < -0.4 is 5.73 Å². The number of nitrogens with zero attached hydrogens (tertiary/aromatic N) is 2. The predicted octanol–water partition coefficient (Wildman–Crippen LogP) is 2.03. The number of allylic oxidation sites excluding steroid dienone is 1. The van der Waals surface area contributed by atoms with Crippen LogP contribution in [0.5, 0.6) is 0 Å². The van der Waals surface area contributed by atoms with Crippen LogP contribution >= 0.6 is 0 Å². The Morgan fingerprint density at radius 3 is 2.69 bits per heavy atom. The van der Waals surface area contributed by atoms with Gasteiger partial charge >= 0.3 is 0 Å². The summed E-state index contributed by atoms with van der Waals surface area (Å²) in [5, 5.41) is 8.55. The van der Waals surface area contributed by atoms with Crippen LogP contribution in [0.4, 0.5) is 10.2 Å². The van der Waals surface area contributed by atoms with E-state index >= 15 is 0 Å². The molecule has 0 aliphatic heterocycles. The maximum absolute atomic E-state index is 12.4. The van der Waals surface area contributed by atoms with Crippen molar-refractivity contribution in [2.24, 2.45) is 10.7 Å². The molecule has 0 saturated carbocycles. The largest absolute Gasteiger partial charge is 0.400 e. The van der Waals surface area contributed by atoms with Gasteiger partial charge in [0.1, 0.15) is 5.82 Å². The third-order valence-corrected chi connectivity index (χ3v) is 1.39. The molecule has 5 heteroatoms. The van der Waals surface area contributed by atoms with Gasteiger partial charge in [-0.15, -0.1) is 0 Å². The van der Waals surface area contributed by atoms with Crippen LogP contribution in [0.2, 0.25) is 0 Å². The molecule has 0 saturated heterocycles. The third-order valence-electron chi connectivity index (χ3n) is 1.39. The summed E-state index contributed by atoms with van der Waals surface area (Å²) >= 11 is 0. The van der Waals surface area contributed by atoms with Crippen molar-refractivity contribution >= 4 is 12.0 Å². The summed E-state index contributed by atoms with van der Waals surface area (Å²) in [5.41, 5.74) is 5.60. The van der Waals surface area contributed by atoms with Crippen molar-refractivity contribution in [1.82, 2.24) is 4.98 Å². The molecular weight excluding hydrogens is 209 g/mol. The molecule has 16 heavy (non-hydrogen) atoms. The molecule has 1 aromatic heterocycles. The minimum Gasteiger partial charge on any atom is -0.400 e. The van der Waals surface area contributed by atoms with Gasteiger partial charge in [0.2, 0.25) is 0 Å². The van der Waals surface area contributed by atoms with E-state index in [1.807, 2.05) is 0 Å². The molecule has 1 aromatic rings. The van der Waals surface area contributed by atoms with Gasteiger partial charge in [-0.25, -0.2) is 14.4 Å². The third kappa shape index (κ3) is 5.87. The van der Waals surface area contributed by atoms with Crippen molar-refractivity contribution in [1.29, 1.82) is 0 Å². The molecule has 0 unspecified atom stereocenters. The molecule has 0 aromatic carbocycles. The molecule has 0 radical (unpaired) electrons. The average molecular weight is 227 g/mol. The van der Waals surface area contributed by atoms with E-state index in [-0.39, 0.29) is 21.5 Å². The van der Waals surface area contributed by atoms with Gasteiger partial charge < -0.3 is 10.8 Å². The van der Waals surface area contributed by atoms with Crippen LogP contribution in [0.25, 0.3) is 0 Å². The Morgan fingerprint density at radius 2 is 2.19 bits per heavy atom. The summed E-state index contributed by atoms with van der Waals surface area (Å²) in [6.45, 7) is -0.219. The first-order valence-electron chi connectivity index (χ1n) is 3.93. The molecule has 1 rings (SSSR count).